The SMILES string of the molecule is COCc1cc(N2CCn3c(C(C)C)nnc3C2C)nc(C(C)(C)C)n1. The van der Waals surface area contributed by atoms with Crippen LogP contribution in [0.4, 0.5) is 5.82 Å². The molecule has 1 atom stereocenters. The maximum atomic E-state index is 5.32. The monoisotopic (exact) mass is 358 g/mol. The van der Waals surface area contributed by atoms with E-state index in [2.05, 4.69) is 66.2 Å². The van der Waals surface area contributed by atoms with Gasteiger partial charge in [0.1, 0.15) is 17.5 Å². The van der Waals surface area contributed by atoms with Gasteiger partial charge in [0.15, 0.2) is 5.82 Å². The van der Waals surface area contributed by atoms with E-state index in [9.17, 15) is 0 Å². The van der Waals surface area contributed by atoms with E-state index in [1.165, 1.54) is 0 Å². The van der Waals surface area contributed by atoms with Crippen LogP contribution in [0.15, 0.2) is 6.07 Å². The van der Waals surface area contributed by atoms with Gasteiger partial charge in [-0.15, -0.1) is 10.2 Å². The number of methoxy groups -OCH3 is 1. The van der Waals surface area contributed by atoms with Crippen LogP contribution >= 0.6 is 0 Å². The minimum Gasteiger partial charge on any atom is -0.378 e. The third-order valence-corrected chi connectivity index (χ3v) is 4.75. The quantitative estimate of drug-likeness (QED) is 0.836. The van der Waals surface area contributed by atoms with Crippen molar-refractivity contribution in [2.24, 2.45) is 0 Å². The number of hydrogen-bond donors (Lipinski definition) is 0. The average molecular weight is 358 g/mol. The Bertz CT molecular complexity index is 777. The zero-order valence-corrected chi connectivity index (χ0v) is 16.9. The molecule has 0 saturated heterocycles. The summed E-state index contributed by atoms with van der Waals surface area (Å²) in [5.41, 5.74) is 0.784. The summed E-state index contributed by atoms with van der Waals surface area (Å²) in [5, 5.41) is 8.88. The summed E-state index contributed by atoms with van der Waals surface area (Å²) in [6.45, 7) is 15.1. The van der Waals surface area contributed by atoms with Crippen LogP contribution in [-0.2, 0) is 23.3 Å². The zero-order chi connectivity index (χ0) is 19.1. The molecule has 0 aliphatic carbocycles. The van der Waals surface area contributed by atoms with Gasteiger partial charge < -0.3 is 14.2 Å². The van der Waals surface area contributed by atoms with Crippen molar-refractivity contribution in [3.63, 3.8) is 0 Å². The summed E-state index contributed by atoms with van der Waals surface area (Å²) in [6, 6.07) is 2.15. The highest BCUT2D eigenvalue weighted by molar-refractivity contribution is 5.43. The Kier molecular flexibility index (Phi) is 5.01. The van der Waals surface area contributed by atoms with E-state index in [0.29, 0.717) is 12.5 Å². The fraction of sp³-hybridized carbons (Fsp3) is 0.684. The van der Waals surface area contributed by atoms with Gasteiger partial charge in [-0.3, -0.25) is 0 Å². The number of hydrogen-bond acceptors (Lipinski definition) is 6. The molecule has 26 heavy (non-hydrogen) atoms. The first kappa shape index (κ1) is 18.8. The number of ether oxygens (including phenoxy) is 1. The van der Waals surface area contributed by atoms with E-state index in [1.807, 2.05) is 6.07 Å². The van der Waals surface area contributed by atoms with Crippen LogP contribution in [0, 0.1) is 0 Å². The second kappa shape index (κ2) is 6.95. The van der Waals surface area contributed by atoms with Gasteiger partial charge in [0.2, 0.25) is 0 Å². The van der Waals surface area contributed by atoms with Crippen molar-refractivity contribution in [1.29, 1.82) is 0 Å². The van der Waals surface area contributed by atoms with Gasteiger partial charge in [-0.25, -0.2) is 9.97 Å². The molecule has 1 aliphatic rings. The van der Waals surface area contributed by atoms with Crippen molar-refractivity contribution >= 4 is 5.82 Å². The van der Waals surface area contributed by atoms with E-state index >= 15 is 0 Å². The molecule has 142 valence electrons. The largest absolute Gasteiger partial charge is 0.378 e. The molecule has 0 saturated carbocycles. The van der Waals surface area contributed by atoms with E-state index in [1.54, 1.807) is 7.11 Å². The van der Waals surface area contributed by atoms with Crippen LogP contribution in [0.2, 0.25) is 0 Å². The summed E-state index contributed by atoms with van der Waals surface area (Å²) in [4.78, 5) is 11.9. The molecule has 1 aliphatic heterocycles. The molecule has 0 fully saturated rings. The van der Waals surface area contributed by atoms with E-state index in [0.717, 1.165) is 42.1 Å². The molecule has 0 spiro atoms. The van der Waals surface area contributed by atoms with Crippen LogP contribution in [0.1, 0.15) is 76.7 Å². The van der Waals surface area contributed by atoms with Crippen molar-refractivity contribution < 1.29 is 4.74 Å². The molecule has 0 radical (unpaired) electrons. The van der Waals surface area contributed by atoms with E-state index in [4.69, 9.17) is 9.72 Å². The Hall–Kier alpha value is -2.02. The molecule has 1 unspecified atom stereocenters. The normalized spacial score (nSPS) is 17.7. The topological polar surface area (TPSA) is 69.0 Å². The Labute approximate surface area is 155 Å². The summed E-state index contributed by atoms with van der Waals surface area (Å²) in [6.07, 6.45) is 0. The lowest BCUT2D eigenvalue weighted by atomic mass is 9.95. The number of anilines is 1. The predicted octanol–water partition coefficient (Wildman–Crippen LogP) is 3.22. The third-order valence-electron chi connectivity index (χ3n) is 4.75. The van der Waals surface area contributed by atoms with Gasteiger partial charge in [0.05, 0.1) is 18.3 Å². The van der Waals surface area contributed by atoms with Crippen LogP contribution in [0.25, 0.3) is 0 Å². The highest BCUT2D eigenvalue weighted by atomic mass is 16.5. The minimum absolute atomic E-state index is 0.113. The number of rotatable bonds is 4. The first-order valence-electron chi connectivity index (χ1n) is 9.29. The molecule has 0 amide bonds. The maximum absolute atomic E-state index is 5.32. The highest BCUT2D eigenvalue weighted by Crippen LogP contribution is 2.31. The smallest absolute Gasteiger partial charge is 0.155 e. The summed E-state index contributed by atoms with van der Waals surface area (Å²) in [5.74, 6) is 4.21. The molecule has 7 nitrogen and oxygen atoms in total. The predicted molar refractivity (Wildman–Crippen MR) is 101 cm³/mol. The maximum Gasteiger partial charge on any atom is 0.155 e. The molecule has 7 heteroatoms. The van der Waals surface area contributed by atoms with Crippen LogP contribution < -0.4 is 4.90 Å². The molecule has 2 aromatic heterocycles. The first-order valence-corrected chi connectivity index (χ1v) is 9.29. The second-order valence-electron chi connectivity index (χ2n) is 8.32. The number of nitrogens with zero attached hydrogens (tertiary/aromatic N) is 6. The summed E-state index contributed by atoms with van der Waals surface area (Å²) in [7, 11) is 1.69. The Morgan fingerprint density at radius 1 is 1.19 bits per heavy atom. The van der Waals surface area contributed by atoms with Crippen LogP contribution in [-0.4, -0.2) is 38.4 Å². The molecule has 0 bridgehead atoms. The van der Waals surface area contributed by atoms with Gasteiger partial charge in [0.25, 0.3) is 0 Å². The Balaban J connectivity index is 1.99. The van der Waals surface area contributed by atoms with E-state index in [-0.39, 0.29) is 11.5 Å². The van der Waals surface area contributed by atoms with Gasteiger partial charge >= 0.3 is 0 Å². The van der Waals surface area contributed by atoms with Crippen molar-refractivity contribution in [2.45, 2.75) is 72.1 Å². The lowest BCUT2D eigenvalue weighted by molar-refractivity contribution is 0.181. The molecule has 2 aromatic rings. The molecular weight excluding hydrogens is 328 g/mol. The molecular formula is C19H30N6O. The van der Waals surface area contributed by atoms with Crippen LogP contribution in [0.5, 0.6) is 0 Å². The van der Waals surface area contributed by atoms with Crippen molar-refractivity contribution in [3.05, 3.63) is 29.2 Å². The Morgan fingerprint density at radius 3 is 2.54 bits per heavy atom. The zero-order valence-electron chi connectivity index (χ0n) is 16.9. The van der Waals surface area contributed by atoms with Crippen molar-refractivity contribution in [2.75, 3.05) is 18.6 Å². The fourth-order valence-electron chi connectivity index (χ4n) is 3.33. The third kappa shape index (κ3) is 3.45. The molecule has 3 rings (SSSR count). The second-order valence-corrected chi connectivity index (χ2v) is 8.32. The lowest BCUT2D eigenvalue weighted by Gasteiger charge is -2.35. The minimum atomic E-state index is -0.123. The fourth-order valence-corrected chi connectivity index (χ4v) is 3.33. The lowest BCUT2D eigenvalue weighted by Crippen LogP contribution is -2.38. The Morgan fingerprint density at radius 2 is 1.92 bits per heavy atom. The van der Waals surface area contributed by atoms with Gasteiger partial charge in [0, 0.05) is 37.6 Å². The summed E-state index contributed by atoms with van der Waals surface area (Å²) >= 11 is 0. The van der Waals surface area contributed by atoms with Crippen LogP contribution in [0.3, 0.4) is 0 Å². The molecule has 0 aromatic carbocycles. The number of fused-ring (bicyclic) bond motifs is 1. The first-order chi connectivity index (χ1) is 12.2. The average Bonchev–Trinajstić information content (AvgIpc) is 2.99. The molecule has 0 N–H and O–H groups in total. The van der Waals surface area contributed by atoms with Gasteiger partial charge in [-0.1, -0.05) is 34.6 Å². The molecule has 3 heterocycles. The van der Waals surface area contributed by atoms with Gasteiger partial charge in [-0.05, 0) is 6.92 Å². The van der Waals surface area contributed by atoms with Crippen molar-refractivity contribution in [1.82, 2.24) is 24.7 Å². The van der Waals surface area contributed by atoms with E-state index < -0.39 is 0 Å². The van der Waals surface area contributed by atoms with Crippen molar-refractivity contribution in [3.8, 4) is 0 Å². The number of aromatic nitrogens is 5. The van der Waals surface area contributed by atoms with Gasteiger partial charge in [-0.2, -0.15) is 0 Å². The summed E-state index contributed by atoms with van der Waals surface area (Å²) < 4.78 is 7.57. The highest BCUT2D eigenvalue weighted by Gasteiger charge is 2.31. The standard InChI is InChI=1S/C19H30N6O/c1-12(2)16-22-23-17-13(3)24(8-9-25(16)17)15-10-14(11-26-7)20-18(21-15)19(4,5)6/h10,12-13H,8-9,11H2,1-7H3.